The monoisotopic (exact) mass is 398 g/mol. The summed E-state index contributed by atoms with van der Waals surface area (Å²) in [5.74, 6) is 2.30. The van der Waals surface area contributed by atoms with E-state index in [-0.39, 0.29) is 23.7 Å². The fourth-order valence-corrected chi connectivity index (χ4v) is 4.32. The van der Waals surface area contributed by atoms with Crippen molar-refractivity contribution >= 4 is 18.3 Å². The maximum absolute atomic E-state index is 12.1. The summed E-state index contributed by atoms with van der Waals surface area (Å²) in [5.41, 5.74) is -0.103. The number of amides is 1. The molecule has 1 aromatic heterocycles. The molecular weight excluding hydrogens is 364 g/mol. The van der Waals surface area contributed by atoms with E-state index in [1.54, 1.807) is 6.92 Å². The fraction of sp³-hybridized carbons (Fsp3) is 0.850. The first-order chi connectivity index (χ1) is 12.3. The van der Waals surface area contributed by atoms with Crippen LogP contribution in [0.3, 0.4) is 0 Å². The van der Waals surface area contributed by atoms with E-state index in [9.17, 15) is 4.79 Å². The van der Waals surface area contributed by atoms with E-state index in [0.29, 0.717) is 23.7 Å². The summed E-state index contributed by atoms with van der Waals surface area (Å²) in [5, 5.41) is 8.42. The Morgan fingerprint density at radius 2 is 1.78 bits per heavy atom. The van der Waals surface area contributed by atoms with Crippen LogP contribution in [-0.2, 0) is 16.8 Å². The van der Waals surface area contributed by atoms with E-state index in [1.165, 1.54) is 19.3 Å². The van der Waals surface area contributed by atoms with E-state index in [0.717, 1.165) is 45.4 Å². The van der Waals surface area contributed by atoms with Crippen LogP contribution in [0.5, 0.6) is 0 Å². The van der Waals surface area contributed by atoms with Crippen LogP contribution >= 0.6 is 12.4 Å². The van der Waals surface area contributed by atoms with E-state index in [2.05, 4.69) is 40.8 Å². The number of aromatic nitrogens is 2. The normalized spacial score (nSPS) is 23.0. The van der Waals surface area contributed by atoms with Gasteiger partial charge in [0.05, 0.1) is 6.54 Å². The summed E-state index contributed by atoms with van der Waals surface area (Å²) in [6, 6.07) is 0.438. The predicted molar refractivity (Wildman–Crippen MR) is 108 cm³/mol. The van der Waals surface area contributed by atoms with Gasteiger partial charge in [-0.15, -0.1) is 22.6 Å². The maximum atomic E-state index is 12.1. The third-order valence-corrected chi connectivity index (χ3v) is 5.85. The third-order valence-electron chi connectivity index (χ3n) is 5.85. The molecule has 1 atom stereocenters. The standard InChI is InChI=1S/C20H34N4O2.ClH/c1-15(25)24-11-7-5-6-8-17(24)16-9-12-23(13-10-16)14-18-21-22-19(26-18)20(2,3)4;/h16-17H,5-14H2,1-4H3;1H. The Kier molecular flexibility index (Phi) is 7.69. The summed E-state index contributed by atoms with van der Waals surface area (Å²) in [6.07, 6.45) is 7.13. The van der Waals surface area contributed by atoms with Crippen LogP contribution in [0.25, 0.3) is 0 Å². The Morgan fingerprint density at radius 3 is 2.37 bits per heavy atom. The lowest BCUT2D eigenvalue weighted by atomic mass is 9.86. The molecule has 154 valence electrons. The minimum absolute atomic E-state index is 0. The van der Waals surface area contributed by atoms with Crippen LogP contribution in [0.1, 0.15) is 78.0 Å². The molecule has 3 rings (SSSR count). The predicted octanol–water partition coefficient (Wildman–Crippen LogP) is 3.79. The van der Waals surface area contributed by atoms with Gasteiger partial charge in [0.15, 0.2) is 0 Å². The summed E-state index contributed by atoms with van der Waals surface area (Å²) in [4.78, 5) is 16.6. The summed E-state index contributed by atoms with van der Waals surface area (Å²) >= 11 is 0. The van der Waals surface area contributed by atoms with Crippen molar-refractivity contribution in [1.29, 1.82) is 0 Å². The number of carbonyl (C=O) groups is 1. The first kappa shape index (κ1) is 22.2. The van der Waals surface area contributed by atoms with Gasteiger partial charge in [-0.25, -0.2) is 0 Å². The Hall–Kier alpha value is -1.14. The second-order valence-corrected chi connectivity index (χ2v) is 8.99. The molecule has 1 amide bonds. The van der Waals surface area contributed by atoms with Gasteiger partial charge in [0.2, 0.25) is 17.7 Å². The molecule has 0 N–H and O–H groups in total. The highest BCUT2D eigenvalue weighted by atomic mass is 35.5. The Labute approximate surface area is 169 Å². The average molecular weight is 399 g/mol. The molecule has 1 aromatic rings. The molecule has 0 spiro atoms. The largest absolute Gasteiger partial charge is 0.423 e. The quantitative estimate of drug-likeness (QED) is 0.775. The summed E-state index contributed by atoms with van der Waals surface area (Å²) in [6.45, 7) is 11.8. The molecule has 27 heavy (non-hydrogen) atoms. The molecule has 3 heterocycles. The first-order valence-electron chi connectivity index (χ1n) is 10.2. The van der Waals surface area contributed by atoms with E-state index in [1.807, 2.05) is 0 Å². The Morgan fingerprint density at radius 1 is 1.07 bits per heavy atom. The van der Waals surface area contributed by atoms with Gasteiger partial charge in [0.1, 0.15) is 0 Å². The molecule has 0 aliphatic carbocycles. The zero-order valence-corrected chi connectivity index (χ0v) is 18.1. The number of hydrogen-bond donors (Lipinski definition) is 0. The van der Waals surface area contributed by atoms with Gasteiger partial charge in [-0.2, -0.15) is 0 Å². The molecule has 0 bridgehead atoms. The maximum Gasteiger partial charge on any atom is 0.230 e. The molecule has 2 aliphatic rings. The van der Waals surface area contributed by atoms with Gasteiger partial charge in [-0.3, -0.25) is 9.69 Å². The van der Waals surface area contributed by atoms with E-state index < -0.39 is 0 Å². The molecular formula is C20H35ClN4O2. The van der Waals surface area contributed by atoms with Crippen molar-refractivity contribution in [2.24, 2.45) is 5.92 Å². The SMILES string of the molecule is CC(=O)N1CCCCCC1C1CCN(Cc2nnc(C(C)(C)C)o2)CC1.Cl. The highest BCUT2D eigenvalue weighted by Crippen LogP contribution is 2.30. The van der Waals surface area contributed by atoms with Crippen LogP contribution in [0, 0.1) is 5.92 Å². The van der Waals surface area contributed by atoms with E-state index in [4.69, 9.17) is 4.42 Å². The number of piperidine rings is 1. The van der Waals surface area contributed by atoms with Crippen LogP contribution in [0.4, 0.5) is 0 Å². The van der Waals surface area contributed by atoms with Crippen molar-refractivity contribution in [1.82, 2.24) is 20.0 Å². The molecule has 7 heteroatoms. The zero-order valence-electron chi connectivity index (χ0n) is 17.2. The molecule has 0 aromatic carbocycles. The highest BCUT2D eigenvalue weighted by molar-refractivity contribution is 5.85. The minimum atomic E-state index is -0.103. The van der Waals surface area contributed by atoms with Crippen LogP contribution < -0.4 is 0 Å². The van der Waals surface area contributed by atoms with Crippen molar-refractivity contribution in [3.8, 4) is 0 Å². The second kappa shape index (κ2) is 9.37. The molecule has 6 nitrogen and oxygen atoms in total. The van der Waals surface area contributed by atoms with Gasteiger partial charge < -0.3 is 9.32 Å². The number of carbonyl (C=O) groups excluding carboxylic acids is 1. The summed E-state index contributed by atoms with van der Waals surface area (Å²) in [7, 11) is 0. The topological polar surface area (TPSA) is 62.5 Å². The lowest BCUT2D eigenvalue weighted by Gasteiger charge is -2.40. The van der Waals surface area contributed by atoms with Crippen molar-refractivity contribution in [3.63, 3.8) is 0 Å². The zero-order chi connectivity index (χ0) is 18.7. The van der Waals surface area contributed by atoms with Crippen molar-refractivity contribution in [2.75, 3.05) is 19.6 Å². The van der Waals surface area contributed by atoms with Crippen LogP contribution in [0.2, 0.25) is 0 Å². The third kappa shape index (κ3) is 5.67. The van der Waals surface area contributed by atoms with Crippen LogP contribution in [0.15, 0.2) is 4.42 Å². The van der Waals surface area contributed by atoms with Gasteiger partial charge in [-0.1, -0.05) is 33.6 Å². The second-order valence-electron chi connectivity index (χ2n) is 8.99. The molecule has 0 saturated carbocycles. The lowest BCUT2D eigenvalue weighted by Crippen LogP contribution is -2.47. The van der Waals surface area contributed by atoms with Crippen molar-refractivity contribution in [2.45, 2.75) is 84.2 Å². The Balaban J connectivity index is 0.00000261. The summed E-state index contributed by atoms with van der Waals surface area (Å²) < 4.78 is 5.84. The van der Waals surface area contributed by atoms with Gasteiger partial charge >= 0.3 is 0 Å². The molecule has 2 aliphatic heterocycles. The molecule has 0 radical (unpaired) electrons. The number of hydrogen-bond acceptors (Lipinski definition) is 5. The number of halogens is 1. The number of nitrogens with zero attached hydrogens (tertiary/aromatic N) is 4. The average Bonchev–Trinajstić information content (AvgIpc) is 2.91. The lowest BCUT2D eigenvalue weighted by molar-refractivity contribution is -0.132. The Bertz CT molecular complexity index is 605. The van der Waals surface area contributed by atoms with Gasteiger partial charge in [0, 0.05) is 24.9 Å². The van der Waals surface area contributed by atoms with Crippen molar-refractivity contribution < 1.29 is 9.21 Å². The minimum Gasteiger partial charge on any atom is -0.423 e. The first-order valence-corrected chi connectivity index (χ1v) is 10.2. The molecule has 2 fully saturated rings. The number of rotatable bonds is 3. The van der Waals surface area contributed by atoms with Gasteiger partial charge in [-0.05, 0) is 44.7 Å². The smallest absolute Gasteiger partial charge is 0.230 e. The number of likely N-dealkylation sites (tertiary alicyclic amines) is 2. The molecule has 1 unspecified atom stereocenters. The van der Waals surface area contributed by atoms with Crippen molar-refractivity contribution in [3.05, 3.63) is 11.8 Å². The fourth-order valence-electron chi connectivity index (χ4n) is 4.32. The van der Waals surface area contributed by atoms with E-state index >= 15 is 0 Å². The van der Waals surface area contributed by atoms with Crippen LogP contribution in [-0.4, -0.2) is 51.6 Å². The highest BCUT2D eigenvalue weighted by Gasteiger charge is 2.33. The molecule has 2 saturated heterocycles. The van der Waals surface area contributed by atoms with Gasteiger partial charge in [0.25, 0.3) is 0 Å².